The zero-order chi connectivity index (χ0) is 26.5. The van der Waals surface area contributed by atoms with Crippen LogP contribution in [-0.2, 0) is 11.2 Å². The van der Waals surface area contributed by atoms with Crippen molar-refractivity contribution in [2.45, 2.75) is 19.3 Å². The Balaban J connectivity index is 1.36. The van der Waals surface area contributed by atoms with Crippen LogP contribution in [0, 0.1) is 0 Å². The summed E-state index contributed by atoms with van der Waals surface area (Å²) < 4.78 is 0. The Morgan fingerprint density at radius 3 is 2.63 bits per heavy atom. The molecule has 1 aliphatic rings. The lowest BCUT2D eigenvalue weighted by Gasteiger charge is -2.23. The molecule has 4 N–H and O–H groups in total. The van der Waals surface area contributed by atoms with Crippen molar-refractivity contribution in [3.05, 3.63) is 89.6 Å². The Bertz CT molecular complexity index is 1490. The molecular weight excluding hydrogens is 480 g/mol. The highest BCUT2D eigenvalue weighted by Crippen LogP contribution is 2.31. The molecule has 2 heterocycles. The number of phenolic OH excluding ortho intramolecular Hbond substituents is 1. The van der Waals surface area contributed by atoms with Gasteiger partial charge in [0.2, 0.25) is 5.91 Å². The van der Waals surface area contributed by atoms with Gasteiger partial charge in [0, 0.05) is 53.4 Å². The van der Waals surface area contributed by atoms with E-state index in [4.69, 9.17) is 0 Å². The molecule has 8 heteroatoms. The molecule has 0 fully saturated rings. The lowest BCUT2D eigenvalue weighted by Crippen LogP contribution is -2.42. The molecule has 3 amide bonds. The maximum absolute atomic E-state index is 13.4. The van der Waals surface area contributed by atoms with E-state index in [-0.39, 0.29) is 30.0 Å². The highest BCUT2D eigenvalue weighted by molar-refractivity contribution is 5.99. The van der Waals surface area contributed by atoms with Gasteiger partial charge in [-0.25, -0.2) is 0 Å². The normalized spacial score (nSPS) is 15.3. The van der Waals surface area contributed by atoms with Crippen molar-refractivity contribution >= 4 is 28.6 Å². The van der Waals surface area contributed by atoms with E-state index >= 15 is 0 Å². The number of hydrogen-bond acceptors (Lipinski definition) is 4. The molecule has 4 bridgehead atoms. The Morgan fingerprint density at radius 2 is 1.74 bits per heavy atom. The zero-order valence-corrected chi connectivity index (χ0v) is 21.0. The average Bonchev–Trinajstić information content (AvgIpc) is 3.40. The lowest BCUT2D eigenvalue weighted by atomic mass is 9.98. The summed E-state index contributed by atoms with van der Waals surface area (Å²) in [5.41, 5.74) is 4.28. The third kappa shape index (κ3) is 5.70. The molecule has 8 nitrogen and oxygen atoms in total. The number of aromatic amines is 1. The number of phenols is 1. The number of nitrogens with one attached hydrogen (secondary N) is 3. The topological polar surface area (TPSA) is 115 Å². The number of aromatic nitrogens is 1. The minimum atomic E-state index is -0.234. The summed E-state index contributed by atoms with van der Waals surface area (Å²) in [5.74, 6) is -0.517. The minimum absolute atomic E-state index is 0.0538. The number of fused-ring (bicyclic) bond motifs is 6. The Morgan fingerprint density at radius 1 is 0.868 bits per heavy atom. The van der Waals surface area contributed by atoms with Gasteiger partial charge >= 0.3 is 0 Å². The first-order valence-corrected chi connectivity index (χ1v) is 12.8. The molecule has 0 saturated carbocycles. The highest BCUT2D eigenvalue weighted by Gasteiger charge is 2.19. The molecule has 0 aliphatic carbocycles. The largest absolute Gasteiger partial charge is 0.507 e. The van der Waals surface area contributed by atoms with Crippen molar-refractivity contribution in [3.63, 3.8) is 0 Å². The van der Waals surface area contributed by atoms with Gasteiger partial charge in [-0.3, -0.25) is 14.4 Å². The number of rotatable bonds is 1. The smallest absolute Gasteiger partial charge is 0.254 e. The molecule has 1 aromatic heterocycles. The molecular formula is C30H30N4O4. The first-order valence-electron chi connectivity index (χ1n) is 12.8. The van der Waals surface area contributed by atoms with Crippen LogP contribution in [0.25, 0.3) is 22.0 Å². The fourth-order valence-corrected chi connectivity index (χ4v) is 4.73. The molecule has 0 spiro atoms. The van der Waals surface area contributed by atoms with Crippen molar-refractivity contribution < 1.29 is 19.5 Å². The summed E-state index contributed by atoms with van der Waals surface area (Å²) in [4.78, 5) is 43.7. The second kappa shape index (κ2) is 11.2. The molecule has 38 heavy (non-hydrogen) atoms. The van der Waals surface area contributed by atoms with Crippen LogP contribution >= 0.6 is 0 Å². The maximum atomic E-state index is 13.4. The van der Waals surface area contributed by atoms with E-state index in [2.05, 4.69) is 15.6 Å². The van der Waals surface area contributed by atoms with Gasteiger partial charge in [0.15, 0.2) is 0 Å². The van der Waals surface area contributed by atoms with Crippen LogP contribution < -0.4 is 10.6 Å². The number of carbonyl (C=O) groups is 3. The predicted octanol–water partition coefficient (Wildman–Crippen LogP) is 3.87. The van der Waals surface area contributed by atoms with Crippen LogP contribution in [0.1, 0.15) is 39.1 Å². The fourth-order valence-electron chi connectivity index (χ4n) is 4.73. The van der Waals surface area contributed by atoms with E-state index in [1.807, 2.05) is 42.6 Å². The zero-order valence-electron chi connectivity index (χ0n) is 21.0. The molecule has 3 aromatic carbocycles. The first kappa shape index (κ1) is 25.1. The van der Waals surface area contributed by atoms with E-state index in [1.54, 1.807) is 35.2 Å². The summed E-state index contributed by atoms with van der Waals surface area (Å²) in [6, 6.07) is 19.8. The average molecular weight is 511 g/mol. The summed E-state index contributed by atoms with van der Waals surface area (Å²) in [5, 5.41) is 17.3. The van der Waals surface area contributed by atoms with Gasteiger partial charge in [-0.1, -0.05) is 18.2 Å². The number of nitrogens with zero attached hydrogens (tertiary/aromatic N) is 1. The van der Waals surface area contributed by atoms with Gasteiger partial charge in [-0.05, 0) is 78.9 Å². The molecule has 5 rings (SSSR count). The number of amides is 3. The number of hydrogen-bond donors (Lipinski definition) is 4. The highest BCUT2D eigenvalue weighted by atomic mass is 16.3. The molecule has 1 aliphatic heterocycles. The van der Waals surface area contributed by atoms with Crippen LogP contribution in [0.15, 0.2) is 72.9 Å². The van der Waals surface area contributed by atoms with Crippen molar-refractivity contribution in [2.75, 3.05) is 26.2 Å². The molecule has 0 radical (unpaired) electrons. The molecule has 0 atom stereocenters. The van der Waals surface area contributed by atoms with Gasteiger partial charge in [0.25, 0.3) is 11.8 Å². The van der Waals surface area contributed by atoms with Crippen molar-refractivity contribution in [2.24, 2.45) is 0 Å². The number of benzene rings is 3. The summed E-state index contributed by atoms with van der Waals surface area (Å²) >= 11 is 0. The van der Waals surface area contributed by atoms with E-state index in [0.29, 0.717) is 55.6 Å². The van der Waals surface area contributed by atoms with Crippen molar-refractivity contribution in [3.8, 4) is 16.9 Å². The van der Waals surface area contributed by atoms with Crippen molar-refractivity contribution in [1.29, 1.82) is 0 Å². The van der Waals surface area contributed by atoms with E-state index < -0.39 is 0 Å². The van der Waals surface area contributed by atoms with Gasteiger partial charge in [0.05, 0.1) is 6.54 Å². The third-order valence-electron chi connectivity index (χ3n) is 6.79. The predicted molar refractivity (Wildman–Crippen MR) is 146 cm³/mol. The molecule has 0 unspecified atom stereocenters. The van der Waals surface area contributed by atoms with Gasteiger partial charge in [0.1, 0.15) is 5.75 Å². The van der Waals surface area contributed by atoms with Crippen LogP contribution in [0.5, 0.6) is 5.75 Å². The van der Waals surface area contributed by atoms with Crippen molar-refractivity contribution in [1.82, 2.24) is 20.5 Å². The summed E-state index contributed by atoms with van der Waals surface area (Å²) in [6.45, 7) is 1.17. The monoisotopic (exact) mass is 510 g/mol. The quantitative estimate of drug-likeness (QED) is 0.311. The second-order valence-corrected chi connectivity index (χ2v) is 9.50. The standard InChI is InChI=1S/C30H30N4O4/c35-27-9-6-20-10-13-32-28(36)19-34(30(38)24-7-8-26-22(18-24)11-14-31-26)15-2-1-12-33-29(37)23-5-3-4-21(17-23)25(27)16-20/h3-9,11,14,16-18,31,35H,1-2,10,12-13,15,19H2,(H,32,36)(H,33,37). The Hall–Kier alpha value is -4.59. The summed E-state index contributed by atoms with van der Waals surface area (Å²) in [6.07, 6.45) is 3.66. The van der Waals surface area contributed by atoms with E-state index in [0.717, 1.165) is 22.0 Å². The SMILES string of the molecule is O=C1CN(C(=O)c2ccc3[nH]ccc3c2)CCCCNC(=O)c2cccc(c2)-c2cc(ccc2O)CCN1. The van der Waals surface area contributed by atoms with Crippen LogP contribution in [0.3, 0.4) is 0 Å². The van der Waals surface area contributed by atoms with Gasteiger partial charge in [-0.15, -0.1) is 0 Å². The number of H-pyrrole nitrogens is 1. The molecule has 4 aromatic rings. The summed E-state index contributed by atoms with van der Waals surface area (Å²) in [7, 11) is 0. The minimum Gasteiger partial charge on any atom is -0.507 e. The second-order valence-electron chi connectivity index (χ2n) is 9.50. The third-order valence-corrected chi connectivity index (χ3v) is 6.79. The van der Waals surface area contributed by atoms with E-state index in [1.165, 1.54) is 0 Å². The Labute approximate surface area is 220 Å². The fraction of sp³-hybridized carbons (Fsp3) is 0.233. The van der Waals surface area contributed by atoms with Gasteiger partial charge in [-0.2, -0.15) is 0 Å². The maximum Gasteiger partial charge on any atom is 0.254 e. The number of carbonyl (C=O) groups excluding carboxylic acids is 3. The van der Waals surface area contributed by atoms with Crippen LogP contribution in [0.2, 0.25) is 0 Å². The lowest BCUT2D eigenvalue weighted by molar-refractivity contribution is -0.121. The van der Waals surface area contributed by atoms with E-state index in [9.17, 15) is 19.5 Å². The van der Waals surface area contributed by atoms with Crippen LogP contribution in [-0.4, -0.2) is 58.9 Å². The number of aromatic hydroxyl groups is 1. The first-order chi connectivity index (χ1) is 18.5. The van der Waals surface area contributed by atoms with Gasteiger partial charge < -0.3 is 25.6 Å². The van der Waals surface area contributed by atoms with Crippen LogP contribution in [0.4, 0.5) is 0 Å². The Kier molecular flexibility index (Phi) is 7.40. The molecule has 194 valence electrons. The molecule has 0 saturated heterocycles.